The lowest BCUT2D eigenvalue weighted by Crippen LogP contribution is -2.44. The Morgan fingerprint density at radius 3 is 2.08 bits per heavy atom. The van der Waals surface area contributed by atoms with E-state index < -0.39 is 36.8 Å². The summed E-state index contributed by atoms with van der Waals surface area (Å²) >= 11 is 0. The molecule has 2 amide bonds. The van der Waals surface area contributed by atoms with E-state index >= 15 is 4.39 Å². The van der Waals surface area contributed by atoms with Gasteiger partial charge in [0.15, 0.2) is 0 Å². The number of unbranched alkanes of at least 4 members (excludes halogenated alkanes) is 5. The number of benzene rings is 1. The van der Waals surface area contributed by atoms with E-state index in [4.69, 9.17) is 13.8 Å². The highest BCUT2D eigenvalue weighted by Gasteiger charge is 2.33. The first-order valence-corrected chi connectivity index (χ1v) is 14.6. The maximum atomic E-state index is 15.0. The third-order valence-electron chi connectivity index (χ3n) is 5.16. The highest BCUT2D eigenvalue weighted by Crippen LogP contribution is 2.56. The molecule has 8 nitrogen and oxygen atoms in total. The first kappa shape index (κ1) is 32.8. The minimum Gasteiger partial charge on any atom is -0.444 e. The minimum absolute atomic E-state index is 0.0695. The maximum absolute atomic E-state index is 15.0. The van der Waals surface area contributed by atoms with Crippen LogP contribution in [0.1, 0.15) is 85.6 Å². The second-order valence-corrected chi connectivity index (χ2v) is 11.6. The highest BCUT2D eigenvalue weighted by molar-refractivity contribution is 7.58. The average molecular weight is 543 g/mol. The van der Waals surface area contributed by atoms with Crippen LogP contribution in [-0.2, 0) is 29.6 Å². The predicted molar refractivity (Wildman–Crippen MR) is 145 cm³/mol. The molecule has 0 saturated carbocycles. The van der Waals surface area contributed by atoms with E-state index in [1.165, 1.54) is 46.0 Å². The van der Waals surface area contributed by atoms with Gasteiger partial charge < -0.3 is 24.4 Å². The number of alkyl carbamates (subject to hydrolysis) is 1. The third-order valence-corrected chi connectivity index (χ3v) is 7.03. The van der Waals surface area contributed by atoms with Crippen LogP contribution in [0.3, 0.4) is 0 Å². The van der Waals surface area contributed by atoms with Crippen LogP contribution in [0.25, 0.3) is 0 Å². The van der Waals surface area contributed by atoms with Gasteiger partial charge in [0.2, 0.25) is 5.57 Å². The number of carbonyl (C=O) groups excluding carboxylic acids is 2. The van der Waals surface area contributed by atoms with Gasteiger partial charge in [0.05, 0.1) is 13.2 Å². The Labute approximate surface area is 221 Å². The Morgan fingerprint density at radius 1 is 0.973 bits per heavy atom. The highest BCUT2D eigenvalue weighted by atomic mass is 31.2. The second-order valence-electron chi connectivity index (χ2n) is 9.65. The zero-order valence-electron chi connectivity index (χ0n) is 23.1. The molecule has 2 N–H and O–H groups in total. The van der Waals surface area contributed by atoms with Crippen LogP contribution >= 0.6 is 7.60 Å². The van der Waals surface area contributed by atoms with Gasteiger partial charge in [-0.15, -0.1) is 0 Å². The molecule has 0 aromatic heterocycles. The number of amides is 2. The fraction of sp³-hybridized carbons (Fsp3) is 0.630. The van der Waals surface area contributed by atoms with Crippen molar-refractivity contribution in [2.24, 2.45) is 0 Å². The summed E-state index contributed by atoms with van der Waals surface area (Å²) in [4.78, 5) is 25.4. The van der Waals surface area contributed by atoms with E-state index in [0.717, 1.165) is 24.5 Å². The van der Waals surface area contributed by atoms with Gasteiger partial charge in [-0.1, -0.05) is 51.2 Å². The summed E-state index contributed by atoms with van der Waals surface area (Å²) < 4.78 is 43.0. The average Bonchev–Trinajstić information content (AvgIpc) is 2.81. The summed E-state index contributed by atoms with van der Waals surface area (Å²) in [6.45, 7) is 10.1. The largest absolute Gasteiger partial charge is 0.444 e. The predicted octanol–water partition coefficient (Wildman–Crippen LogP) is 7.50. The van der Waals surface area contributed by atoms with Crippen molar-refractivity contribution in [3.8, 4) is 0 Å². The Bertz CT molecular complexity index is 904. The number of anilines is 1. The van der Waals surface area contributed by atoms with Crippen molar-refractivity contribution in [3.63, 3.8) is 0 Å². The van der Waals surface area contributed by atoms with Gasteiger partial charge >= 0.3 is 13.7 Å². The van der Waals surface area contributed by atoms with Crippen LogP contribution in [0, 0.1) is 0 Å². The quantitative estimate of drug-likeness (QED) is 0.166. The topological polar surface area (TPSA) is 103 Å². The summed E-state index contributed by atoms with van der Waals surface area (Å²) in [6, 6.07) is 5.81. The molecule has 0 aliphatic rings. The lowest BCUT2D eigenvalue weighted by molar-refractivity contribution is -0.117. The molecule has 1 rings (SSSR count). The molecule has 1 aromatic rings. The molecule has 37 heavy (non-hydrogen) atoms. The molecule has 210 valence electrons. The SMILES string of the molecule is CCCCCCCCc1ccc(NC(=O)[C@@H](/C=C(\F)P(=O)(OCC)OCC)NC(=O)OC(C)(C)C)cc1. The molecule has 0 saturated heterocycles. The number of halogens is 1. The normalized spacial score (nSPS) is 13.2. The molecule has 0 aliphatic heterocycles. The fourth-order valence-corrected chi connectivity index (χ4v) is 4.76. The molecule has 0 heterocycles. The Hall–Kier alpha value is -2.22. The number of aryl methyl sites for hydroxylation is 1. The molecule has 0 spiro atoms. The van der Waals surface area contributed by atoms with Crippen LogP contribution in [0.15, 0.2) is 35.9 Å². The second kappa shape index (κ2) is 16.6. The van der Waals surface area contributed by atoms with Crippen LogP contribution in [-0.4, -0.2) is 36.9 Å². The zero-order chi connectivity index (χ0) is 27.9. The van der Waals surface area contributed by atoms with E-state index in [0.29, 0.717) is 5.69 Å². The first-order valence-electron chi connectivity index (χ1n) is 13.1. The lowest BCUT2D eigenvalue weighted by atomic mass is 10.0. The van der Waals surface area contributed by atoms with E-state index in [9.17, 15) is 14.2 Å². The van der Waals surface area contributed by atoms with Gasteiger partial charge in [0.1, 0.15) is 11.6 Å². The van der Waals surface area contributed by atoms with Gasteiger partial charge in [-0.05, 0) is 71.2 Å². The summed E-state index contributed by atoms with van der Waals surface area (Å²) in [5.74, 6) is -0.746. The number of carbonyl (C=O) groups is 2. The van der Waals surface area contributed by atoms with E-state index in [1.54, 1.807) is 32.9 Å². The monoisotopic (exact) mass is 542 g/mol. The van der Waals surface area contributed by atoms with Gasteiger partial charge in [-0.2, -0.15) is 4.39 Å². The summed E-state index contributed by atoms with van der Waals surface area (Å²) in [5.41, 5.74) is -0.497. The third kappa shape index (κ3) is 13.2. The van der Waals surface area contributed by atoms with Crippen molar-refractivity contribution < 1.29 is 32.3 Å². The zero-order valence-corrected chi connectivity index (χ0v) is 24.0. The molecule has 1 atom stereocenters. The molecular formula is C27H44FN2O6P. The van der Waals surface area contributed by atoms with Crippen LogP contribution in [0.2, 0.25) is 0 Å². The van der Waals surface area contributed by atoms with Crippen molar-refractivity contribution in [1.29, 1.82) is 0 Å². The van der Waals surface area contributed by atoms with Crippen molar-refractivity contribution in [2.75, 3.05) is 18.5 Å². The number of rotatable bonds is 16. The lowest BCUT2D eigenvalue weighted by Gasteiger charge is -2.22. The number of nitrogens with one attached hydrogen (secondary N) is 2. The van der Waals surface area contributed by atoms with Crippen LogP contribution < -0.4 is 10.6 Å². The molecule has 0 fully saturated rings. The Kier molecular flexibility index (Phi) is 14.7. The van der Waals surface area contributed by atoms with Crippen molar-refractivity contribution in [1.82, 2.24) is 5.32 Å². The standard InChI is InChI=1S/C27H44FN2O6P/c1-7-10-11-12-13-14-15-21-16-18-22(19-17-21)29-25(31)23(30-26(32)36-27(4,5)6)20-24(28)37(33,34-8-2)35-9-3/h16-20,23H,7-15H2,1-6H3,(H,29,31)(H,30,32)/b24-20+/t23-/m1/s1. The number of ether oxygens (including phenoxy) is 1. The smallest absolute Gasteiger partial charge is 0.408 e. The molecule has 10 heteroatoms. The molecular weight excluding hydrogens is 498 g/mol. The number of hydrogen-bond donors (Lipinski definition) is 2. The Balaban J connectivity index is 2.96. The van der Waals surface area contributed by atoms with E-state index in [2.05, 4.69) is 17.6 Å². The van der Waals surface area contributed by atoms with Gasteiger partial charge in [0, 0.05) is 5.69 Å². The van der Waals surface area contributed by atoms with Crippen LogP contribution in [0.4, 0.5) is 14.9 Å². The van der Waals surface area contributed by atoms with Gasteiger partial charge in [-0.3, -0.25) is 9.36 Å². The minimum atomic E-state index is -4.28. The Morgan fingerprint density at radius 2 is 1.54 bits per heavy atom. The van der Waals surface area contributed by atoms with Gasteiger partial charge in [0.25, 0.3) is 5.91 Å². The van der Waals surface area contributed by atoms with Crippen molar-refractivity contribution in [3.05, 3.63) is 41.5 Å². The summed E-state index contributed by atoms with van der Waals surface area (Å²) in [7, 11) is -4.28. The first-order chi connectivity index (χ1) is 17.4. The fourth-order valence-electron chi connectivity index (χ4n) is 3.43. The molecule has 0 unspecified atom stereocenters. The van der Waals surface area contributed by atoms with Crippen LogP contribution in [0.5, 0.6) is 0 Å². The molecule has 0 bridgehead atoms. The summed E-state index contributed by atoms with van der Waals surface area (Å²) in [6.07, 6.45) is 8.00. The van der Waals surface area contributed by atoms with E-state index in [-0.39, 0.29) is 13.2 Å². The number of hydrogen-bond acceptors (Lipinski definition) is 6. The van der Waals surface area contributed by atoms with Crippen molar-refractivity contribution in [2.45, 2.75) is 98.1 Å². The van der Waals surface area contributed by atoms with E-state index in [1.807, 2.05) is 12.1 Å². The maximum Gasteiger partial charge on any atom is 0.408 e. The molecule has 0 radical (unpaired) electrons. The summed E-state index contributed by atoms with van der Waals surface area (Å²) in [5, 5.41) is 4.98. The molecule has 1 aromatic carbocycles. The van der Waals surface area contributed by atoms with Gasteiger partial charge in [-0.25, -0.2) is 4.79 Å². The van der Waals surface area contributed by atoms with Crippen molar-refractivity contribution >= 4 is 25.3 Å². The molecule has 0 aliphatic carbocycles.